The SMILES string of the molecule is CCc1ccc(C2CNCCN2Cc2scnc2C)cc1. The van der Waals surface area contributed by atoms with Crippen molar-refractivity contribution in [1.29, 1.82) is 0 Å². The van der Waals surface area contributed by atoms with Crippen LogP contribution in [-0.2, 0) is 13.0 Å². The molecule has 1 aliphatic rings. The standard InChI is InChI=1S/C17H23N3S/c1-3-14-4-6-15(7-5-14)16-10-18-8-9-20(16)11-17-13(2)19-12-21-17/h4-7,12,16,18H,3,8-11H2,1-2H3. The number of aromatic nitrogens is 1. The molecule has 4 heteroatoms. The van der Waals surface area contributed by atoms with Crippen molar-refractivity contribution < 1.29 is 0 Å². The highest BCUT2D eigenvalue weighted by Crippen LogP contribution is 2.26. The van der Waals surface area contributed by atoms with Crippen molar-refractivity contribution in [2.75, 3.05) is 19.6 Å². The lowest BCUT2D eigenvalue weighted by Crippen LogP contribution is -2.45. The molecule has 0 amide bonds. The Bertz CT molecular complexity index is 576. The van der Waals surface area contributed by atoms with Crippen LogP contribution >= 0.6 is 11.3 Å². The third kappa shape index (κ3) is 3.34. The first-order chi connectivity index (χ1) is 10.3. The summed E-state index contributed by atoms with van der Waals surface area (Å²) in [4.78, 5) is 8.36. The molecule has 3 rings (SSSR count). The molecule has 0 aliphatic carbocycles. The molecule has 1 aliphatic heterocycles. The van der Waals surface area contributed by atoms with Gasteiger partial charge in [-0.2, -0.15) is 0 Å². The summed E-state index contributed by atoms with van der Waals surface area (Å²) in [5.74, 6) is 0. The monoisotopic (exact) mass is 301 g/mol. The fourth-order valence-electron chi connectivity index (χ4n) is 2.90. The van der Waals surface area contributed by atoms with Crippen LogP contribution in [0.1, 0.15) is 34.7 Å². The molecular formula is C17H23N3S. The summed E-state index contributed by atoms with van der Waals surface area (Å²) in [7, 11) is 0. The van der Waals surface area contributed by atoms with E-state index in [9.17, 15) is 0 Å². The average Bonchev–Trinajstić information content (AvgIpc) is 2.93. The van der Waals surface area contributed by atoms with Gasteiger partial charge >= 0.3 is 0 Å². The maximum atomic E-state index is 4.38. The molecule has 1 saturated heterocycles. The summed E-state index contributed by atoms with van der Waals surface area (Å²) in [5.41, 5.74) is 5.96. The molecule has 112 valence electrons. The summed E-state index contributed by atoms with van der Waals surface area (Å²) < 4.78 is 0. The molecular weight excluding hydrogens is 278 g/mol. The number of nitrogens with zero attached hydrogens (tertiary/aromatic N) is 2. The van der Waals surface area contributed by atoms with Gasteiger partial charge in [0.05, 0.1) is 11.2 Å². The molecule has 0 bridgehead atoms. The zero-order chi connectivity index (χ0) is 14.7. The number of piperazine rings is 1. The van der Waals surface area contributed by atoms with Crippen molar-refractivity contribution in [2.24, 2.45) is 0 Å². The minimum absolute atomic E-state index is 0.464. The van der Waals surface area contributed by atoms with Gasteiger partial charge in [0.25, 0.3) is 0 Å². The second-order valence-electron chi connectivity index (χ2n) is 5.65. The van der Waals surface area contributed by atoms with Crippen molar-refractivity contribution in [1.82, 2.24) is 15.2 Å². The lowest BCUT2D eigenvalue weighted by Gasteiger charge is -2.36. The Kier molecular flexibility index (Phi) is 4.68. The Morgan fingerprint density at radius 3 is 2.81 bits per heavy atom. The fourth-order valence-corrected chi connectivity index (χ4v) is 3.70. The number of nitrogens with one attached hydrogen (secondary N) is 1. The highest BCUT2D eigenvalue weighted by Gasteiger charge is 2.24. The van der Waals surface area contributed by atoms with Gasteiger partial charge in [0.1, 0.15) is 0 Å². The third-order valence-electron chi connectivity index (χ3n) is 4.32. The van der Waals surface area contributed by atoms with Gasteiger partial charge in [-0.15, -0.1) is 11.3 Å². The van der Waals surface area contributed by atoms with E-state index in [-0.39, 0.29) is 0 Å². The molecule has 1 aromatic heterocycles. The number of rotatable bonds is 4. The summed E-state index contributed by atoms with van der Waals surface area (Å²) in [5, 5.41) is 3.53. The number of hydrogen-bond donors (Lipinski definition) is 1. The number of thiazole rings is 1. The van der Waals surface area contributed by atoms with E-state index in [2.05, 4.69) is 53.3 Å². The molecule has 21 heavy (non-hydrogen) atoms. The summed E-state index contributed by atoms with van der Waals surface area (Å²) in [6, 6.07) is 9.58. The smallest absolute Gasteiger partial charge is 0.0798 e. The maximum Gasteiger partial charge on any atom is 0.0798 e. The van der Waals surface area contributed by atoms with Gasteiger partial charge in [-0.3, -0.25) is 4.90 Å². The van der Waals surface area contributed by atoms with Crippen LogP contribution in [0.4, 0.5) is 0 Å². The zero-order valence-electron chi connectivity index (χ0n) is 12.8. The molecule has 0 spiro atoms. The number of benzene rings is 1. The van der Waals surface area contributed by atoms with Crippen LogP contribution in [0.2, 0.25) is 0 Å². The largest absolute Gasteiger partial charge is 0.314 e. The van der Waals surface area contributed by atoms with Crippen LogP contribution in [0.3, 0.4) is 0 Å². The van der Waals surface area contributed by atoms with E-state index >= 15 is 0 Å². The predicted octanol–water partition coefficient (Wildman–Crippen LogP) is 3.16. The zero-order valence-corrected chi connectivity index (χ0v) is 13.6. The van der Waals surface area contributed by atoms with E-state index in [1.165, 1.54) is 21.7 Å². The highest BCUT2D eigenvalue weighted by atomic mass is 32.1. The van der Waals surface area contributed by atoms with E-state index in [4.69, 9.17) is 0 Å². The van der Waals surface area contributed by atoms with Crippen LogP contribution in [0.25, 0.3) is 0 Å². The van der Waals surface area contributed by atoms with Crippen molar-refractivity contribution in [3.8, 4) is 0 Å². The molecule has 1 unspecified atom stereocenters. The van der Waals surface area contributed by atoms with Gasteiger partial charge < -0.3 is 5.32 Å². The summed E-state index contributed by atoms with van der Waals surface area (Å²) >= 11 is 1.77. The van der Waals surface area contributed by atoms with Gasteiger partial charge in [-0.1, -0.05) is 31.2 Å². The molecule has 1 atom stereocenters. The van der Waals surface area contributed by atoms with Crippen molar-refractivity contribution in [3.63, 3.8) is 0 Å². The summed E-state index contributed by atoms with van der Waals surface area (Å²) in [6.45, 7) is 8.52. The first-order valence-electron chi connectivity index (χ1n) is 7.70. The Labute approximate surface area is 131 Å². The second-order valence-corrected chi connectivity index (χ2v) is 6.59. The molecule has 0 saturated carbocycles. The first-order valence-corrected chi connectivity index (χ1v) is 8.58. The van der Waals surface area contributed by atoms with Crippen molar-refractivity contribution >= 4 is 11.3 Å². The van der Waals surface area contributed by atoms with Gasteiger partial charge in [0.2, 0.25) is 0 Å². The Balaban J connectivity index is 1.78. The Morgan fingerprint density at radius 1 is 1.33 bits per heavy atom. The van der Waals surface area contributed by atoms with E-state index in [1.54, 1.807) is 11.3 Å². The number of hydrogen-bond acceptors (Lipinski definition) is 4. The van der Waals surface area contributed by atoms with Crippen molar-refractivity contribution in [3.05, 3.63) is 51.5 Å². The van der Waals surface area contributed by atoms with E-state index < -0.39 is 0 Å². The molecule has 2 heterocycles. The van der Waals surface area contributed by atoms with Crippen LogP contribution < -0.4 is 5.32 Å². The van der Waals surface area contributed by atoms with Gasteiger partial charge in [-0.25, -0.2) is 4.98 Å². The lowest BCUT2D eigenvalue weighted by molar-refractivity contribution is 0.155. The Hall–Kier alpha value is -1.23. The van der Waals surface area contributed by atoms with E-state index in [0.717, 1.165) is 32.6 Å². The van der Waals surface area contributed by atoms with Gasteiger partial charge in [0.15, 0.2) is 0 Å². The minimum atomic E-state index is 0.464. The van der Waals surface area contributed by atoms with Crippen LogP contribution in [0, 0.1) is 6.92 Å². The van der Waals surface area contributed by atoms with Crippen LogP contribution in [0.15, 0.2) is 29.8 Å². The van der Waals surface area contributed by atoms with Crippen LogP contribution in [0.5, 0.6) is 0 Å². The molecule has 1 aromatic carbocycles. The number of aryl methyl sites for hydroxylation is 2. The third-order valence-corrected chi connectivity index (χ3v) is 5.24. The maximum absolute atomic E-state index is 4.38. The van der Waals surface area contributed by atoms with Crippen molar-refractivity contribution in [2.45, 2.75) is 32.9 Å². The van der Waals surface area contributed by atoms with Gasteiger partial charge in [-0.05, 0) is 24.5 Å². The topological polar surface area (TPSA) is 28.2 Å². The van der Waals surface area contributed by atoms with Gasteiger partial charge in [0, 0.05) is 37.1 Å². The van der Waals surface area contributed by atoms with E-state index in [0.29, 0.717) is 6.04 Å². The second kappa shape index (κ2) is 6.69. The predicted molar refractivity (Wildman–Crippen MR) is 88.7 cm³/mol. The fraction of sp³-hybridized carbons (Fsp3) is 0.471. The molecule has 2 aromatic rings. The molecule has 0 radical (unpaired) electrons. The van der Waals surface area contributed by atoms with E-state index in [1.807, 2.05) is 5.51 Å². The summed E-state index contributed by atoms with van der Waals surface area (Å²) in [6.07, 6.45) is 1.10. The quantitative estimate of drug-likeness (QED) is 0.940. The first kappa shape index (κ1) is 14.7. The molecule has 1 N–H and O–H groups in total. The average molecular weight is 301 g/mol. The normalized spacial score (nSPS) is 19.8. The molecule has 1 fully saturated rings. The lowest BCUT2D eigenvalue weighted by atomic mass is 10.0. The minimum Gasteiger partial charge on any atom is -0.314 e. The van der Waals surface area contributed by atoms with Crippen LogP contribution in [-0.4, -0.2) is 29.5 Å². The highest BCUT2D eigenvalue weighted by molar-refractivity contribution is 7.09. The molecule has 3 nitrogen and oxygen atoms in total. The Morgan fingerprint density at radius 2 is 2.14 bits per heavy atom.